The first-order chi connectivity index (χ1) is 16.0. The maximum atomic E-state index is 11.9. The van der Waals surface area contributed by atoms with E-state index in [2.05, 4.69) is 10.6 Å². The fourth-order valence-corrected chi connectivity index (χ4v) is 2.97. The summed E-state index contributed by atoms with van der Waals surface area (Å²) in [5.41, 5.74) is 0.920. The van der Waals surface area contributed by atoms with Gasteiger partial charge >= 0.3 is 12.0 Å². The fraction of sp³-hybridized carbons (Fsp3) is 0.636. The maximum absolute atomic E-state index is 11.9. The average molecular weight is 470 g/mol. The lowest BCUT2D eigenvalue weighted by Gasteiger charge is -2.27. The third-order valence-electron chi connectivity index (χ3n) is 4.89. The molecule has 0 radical (unpaired) electrons. The normalized spacial score (nSPS) is 15.5. The molecule has 0 aromatic heterocycles. The molecule has 1 fully saturated rings. The first kappa shape index (κ1) is 26.8. The molecule has 1 aliphatic heterocycles. The molecule has 1 unspecified atom stereocenters. The molecular weight excluding hydrogens is 434 g/mol. The number of aryl methyl sites for hydroxylation is 1. The van der Waals surface area contributed by atoms with Crippen molar-refractivity contribution in [1.82, 2.24) is 15.5 Å². The van der Waals surface area contributed by atoms with Gasteiger partial charge in [0.15, 0.2) is 0 Å². The Bertz CT molecular complexity index is 697. The van der Waals surface area contributed by atoms with Gasteiger partial charge in [0.05, 0.1) is 19.8 Å². The number of aliphatic hydroxyl groups is 3. The molecule has 1 saturated heterocycles. The van der Waals surface area contributed by atoms with Crippen molar-refractivity contribution >= 4 is 12.0 Å². The van der Waals surface area contributed by atoms with Crippen molar-refractivity contribution < 1.29 is 39.1 Å². The minimum Gasteiger partial charge on any atom is -0.491 e. The van der Waals surface area contributed by atoms with Crippen molar-refractivity contribution in [3.8, 4) is 5.75 Å². The molecule has 11 nitrogen and oxygen atoms in total. The molecule has 1 aromatic rings. The van der Waals surface area contributed by atoms with Gasteiger partial charge in [-0.25, -0.2) is 4.79 Å². The Morgan fingerprint density at radius 3 is 2.48 bits per heavy atom. The Morgan fingerprint density at radius 1 is 1.06 bits per heavy atom. The van der Waals surface area contributed by atoms with Gasteiger partial charge in [-0.3, -0.25) is 4.79 Å². The summed E-state index contributed by atoms with van der Waals surface area (Å²) in [5, 5.41) is 33.8. The van der Waals surface area contributed by atoms with Crippen LogP contribution in [0.3, 0.4) is 0 Å². The zero-order valence-corrected chi connectivity index (χ0v) is 18.8. The number of hydrogen-bond acceptors (Lipinski definition) is 9. The molecule has 1 aromatic carbocycles. The number of carbonyl (C=O) groups excluding carboxylic acids is 2. The Morgan fingerprint density at radius 2 is 1.79 bits per heavy atom. The van der Waals surface area contributed by atoms with Crippen LogP contribution in [0.15, 0.2) is 24.3 Å². The highest BCUT2D eigenvalue weighted by Crippen LogP contribution is 2.14. The summed E-state index contributed by atoms with van der Waals surface area (Å²) < 4.78 is 15.6. The first-order valence-corrected chi connectivity index (χ1v) is 11.1. The van der Waals surface area contributed by atoms with Gasteiger partial charge in [-0.05, 0) is 24.1 Å². The van der Waals surface area contributed by atoms with Crippen LogP contribution in [0.4, 0.5) is 4.79 Å². The van der Waals surface area contributed by atoms with E-state index < -0.39 is 24.8 Å². The molecule has 186 valence electrons. The van der Waals surface area contributed by atoms with Gasteiger partial charge in [0.2, 0.25) is 0 Å². The molecule has 5 N–H and O–H groups in total. The summed E-state index contributed by atoms with van der Waals surface area (Å²) >= 11 is 0. The van der Waals surface area contributed by atoms with Crippen LogP contribution in [-0.4, -0.2) is 110 Å². The number of benzene rings is 1. The molecule has 0 aliphatic carbocycles. The zero-order chi connectivity index (χ0) is 23.9. The molecule has 0 spiro atoms. The van der Waals surface area contributed by atoms with Crippen LogP contribution in [0.25, 0.3) is 0 Å². The van der Waals surface area contributed by atoms with Crippen LogP contribution >= 0.6 is 0 Å². The van der Waals surface area contributed by atoms with Gasteiger partial charge in [-0.1, -0.05) is 12.1 Å². The molecule has 2 rings (SSSR count). The largest absolute Gasteiger partial charge is 0.491 e. The summed E-state index contributed by atoms with van der Waals surface area (Å²) in [6.07, 6.45) is -1.13. The average Bonchev–Trinajstić information content (AvgIpc) is 2.85. The summed E-state index contributed by atoms with van der Waals surface area (Å²) in [7, 11) is 0. The summed E-state index contributed by atoms with van der Waals surface area (Å²) in [5.74, 6) is 0.156. The van der Waals surface area contributed by atoms with Gasteiger partial charge < -0.3 is 45.1 Å². The lowest BCUT2D eigenvalue weighted by molar-refractivity contribution is -0.147. The number of hydrogen-bond donors (Lipinski definition) is 5. The first-order valence-electron chi connectivity index (χ1n) is 11.1. The maximum Gasteiger partial charge on any atom is 0.317 e. The van der Waals surface area contributed by atoms with E-state index in [1.165, 1.54) is 0 Å². The third-order valence-corrected chi connectivity index (χ3v) is 4.89. The molecule has 1 heterocycles. The molecule has 11 heteroatoms. The van der Waals surface area contributed by atoms with Crippen molar-refractivity contribution in [1.29, 1.82) is 0 Å². The second kappa shape index (κ2) is 15.4. The third kappa shape index (κ3) is 11.3. The summed E-state index contributed by atoms with van der Waals surface area (Å²) in [6, 6.07) is 7.07. The van der Waals surface area contributed by atoms with Crippen LogP contribution < -0.4 is 15.4 Å². The SMILES string of the molecule is O=C(CCc1ccc(OC[C@@H](O)CNCCNC(=O)N2CCOCC2)cc1)OCC(O)CO. The van der Waals surface area contributed by atoms with Gasteiger partial charge in [-0.2, -0.15) is 0 Å². The molecule has 0 saturated carbocycles. The highest BCUT2D eigenvalue weighted by molar-refractivity contribution is 5.74. The van der Waals surface area contributed by atoms with E-state index in [1.807, 2.05) is 12.1 Å². The van der Waals surface area contributed by atoms with Gasteiger partial charge in [0.1, 0.15) is 31.2 Å². The van der Waals surface area contributed by atoms with Crippen molar-refractivity contribution in [3.05, 3.63) is 29.8 Å². The number of nitrogens with zero attached hydrogens (tertiary/aromatic N) is 1. The second-order valence-electron chi connectivity index (χ2n) is 7.66. The highest BCUT2D eigenvalue weighted by Gasteiger charge is 2.15. The zero-order valence-electron chi connectivity index (χ0n) is 18.8. The van der Waals surface area contributed by atoms with E-state index in [-0.39, 0.29) is 25.7 Å². The van der Waals surface area contributed by atoms with Crippen molar-refractivity contribution in [2.45, 2.75) is 25.0 Å². The minimum absolute atomic E-state index is 0.107. The van der Waals surface area contributed by atoms with E-state index in [4.69, 9.17) is 24.4 Å². The topological polar surface area (TPSA) is 150 Å². The van der Waals surface area contributed by atoms with Crippen molar-refractivity contribution in [2.75, 3.05) is 65.8 Å². The van der Waals surface area contributed by atoms with Crippen LogP contribution in [0.2, 0.25) is 0 Å². The van der Waals surface area contributed by atoms with Crippen molar-refractivity contribution in [2.24, 2.45) is 0 Å². The molecule has 33 heavy (non-hydrogen) atoms. The van der Waals surface area contributed by atoms with Gasteiger partial charge in [0, 0.05) is 39.1 Å². The molecule has 2 atom stereocenters. The van der Waals surface area contributed by atoms with Crippen molar-refractivity contribution in [3.63, 3.8) is 0 Å². The second-order valence-corrected chi connectivity index (χ2v) is 7.66. The summed E-state index contributed by atoms with van der Waals surface area (Å²) in [6.45, 7) is 3.09. The van der Waals surface area contributed by atoms with E-state index in [0.717, 1.165) is 5.56 Å². The summed E-state index contributed by atoms with van der Waals surface area (Å²) in [4.78, 5) is 25.3. The van der Waals surface area contributed by atoms with E-state index in [1.54, 1.807) is 17.0 Å². The van der Waals surface area contributed by atoms with Crippen LogP contribution in [-0.2, 0) is 20.7 Å². The number of nitrogens with one attached hydrogen (secondary N) is 2. The number of rotatable bonds is 14. The lowest BCUT2D eigenvalue weighted by atomic mass is 10.1. The van der Waals surface area contributed by atoms with Gasteiger partial charge in [-0.15, -0.1) is 0 Å². The number of esters is 1. The Labute approximate surface area is 193 Å². The van der Waals surface area contributed by atoms with E-state index >= 15 is 0 Å². The number of carbonyl (C=O) groups is 2. The standard InChI is InChI=1S/C22H35N3O8/c26-14-19(28)16-33-21(29)6-3-17-1-4-20(5-2-17)32-15-18(27)13-23-7-8-24-22(30)25-9-11-31-12-10-25/h1-2,4-5,18-19,23,26-28H,3,6-16H2,(H,24,30)/t18-,19?/m0/s1. The van der Waals surface area contributed by atoms with Gasteiger partial charge in [0.25, 0.3) is 0 Å². The lowest BCUT2D eigenvalue weighted by Crippen LogP contribution is -2.47. The van der Waals surface area contributed by atoms with E-state index in [9.17, 15) is 14.7 Å². The highest BCUT2D eigenvalue weighted by atomic mass is 16.5. The molecule has 2 amide bonds. The van der Waals surface area contributed by atoms with E-state index in [0.29, 0.717) is 58.1 Å². The predicted octanol–water partition coefficient (Wildman–Crippen LogP) is -1.11. The quantitative estimate of drug-likeness (QED) is 0.169. The monoisotopic (exact) mass is 469 g/mol. The smallest absolute Gasteiger partial charge is 0.317 e. The molecule has 1 aliphatic rings. The number of ether oxygens (including phenoxy) is 3. The minimum atomic E-state index is -1.06. The Balaban J connectivity index is 1.53. The predicted molar refractivity (Wildman–Crippen MR) is 119 cm³/mol. The molecular formula is C22H35N3O8. The Kier molecular flexibility index (Phi) is 12.5. The van der Waals surface area contributed by atoms with Crippen LogP contribution in [0.1, 0.15) is 12.0 Å². The number of aliphatic hydroxyl groups excluding tert-OH is 3. The number of amides is 2. The molecule has 0 bridgehead atoms. The number of urea groups is 1. The Hall–Kier alpha value is -2.44. The van der Waals surface area contributed by atoms with Crippen LogP contribution in [0, 0.1) is 0 Å². The fourth-order valence-electron chi connectivity index (χ4n) is 2.97. The van der Waals surface area contributed by atoms with Crippen LogP contribution in [0.5, 0.6) is 5.75 Å². The number of morpholine rings is 1.